The molecule has 36 heavy (non-hydrogen) atoms. The lowest BCUT2D eigenvalue weighted by Crippen LogP contribution is -2.50. The van der Waals surface area contributed by atoms with Crippen molar-refractivity contribution in [1.29, 1.82) is 0 Å². The molecular weight excluding hydrogens is 466 g/mol. The summed E-state index contributed by atoms with van der Waals surface area (Å²) in [6, 6.07) is 7.73. The Hall–Kier alpha value is -2.94. The molecule has 0 radical (unpaired) electrons. The number of hydrogen-bond donors (Lipinski definition) is 0. The van der Waals surface area contributed by atoms with Crippen LogP contribution in [0.15, 0.2) is 30.3 Å². The average Bonchev–Trinajstić information content (AvgIpc) is 2.66. The van der Waals surface area contributed by atoms with Crippen molar-refractivity contribution < 1.29 is 38.1 Å². The number of rotatable bonds is 10. The second-order valence-corrected chi connectivity index (χ2v) is 11.5. The first-order chi connectivity index (χ1) is 16.3. The minimum Gasteiger partial charge on any atom is -0.460 e. The van der Waals surface area contributed by atoms with Gasteiger partial charge < -0.3 is 18.9 Å². The molecule has 0 spiro atoms. The van der Waals surface area contributed by atoms with E-state index in [0.717, 1.165) is 5.56 Å². The molecule has 0 saturated heterocycles. The van der Waals surface area contributed by atoms with Crippen molar-refractivity contribution in [3.05, 3.63) is 35.9 Å². The third-order valence-electron chi connectivity index (χ3n) is 4.22. The van der Waals surface area contributed by atoms with Gasteiger partial charge in [0.25, 0.3) is 0 Å². The summed E-state index contributed by atoms with van der Waals surface area (Å²) in [5, 5.41) is 0. The first-order valence-corrected chi connectivity index (χ1v) is 11.9. The molecule has 0 saturated carbocycles. The van der Waals surface area contributed by atoms with Crippen LogP contribution in [0.3, 0.4) is 0 Å². The summed E-state index contributed by atoms with van der Waals surface area (Å²) in [4.78, 5) is 52.5. The fourth-order valence-electron chi connectivity index (χ4n) is 3.08. The molecule has 9 heteroatoms. The maximum absolute atomic E-state index is 13.2. The molecule has 1 rings (SSSR count). The van der Waals surface area contributed by atoms with Gasteiger partial charge in [-0.25, -0.2) is 0 Å². The molecule has 0 heterocycles. The molecule has 0 fully saturated rings. The Balaban J connectivity index is 3.24. The third kappa shape index (κ3) is 13.8. The van der Waals surface area contributed by atoms with E-state index in [2.05, 4.69) is 0 Å². The van der Waals surface area contributed by atoms with E-state index in [0.29, 0.717) is 0 Å². The van der Waals surface area contributed by atoms with Crippen molar-refractivity contribution in [3.63, 3.8) is 0 Å². The van der Waals surface area contributed by atoms with Gasteiger partial charge in [0, 0.05) is 0 Å². The summed E-state index contributed by atoms with van der Waals surface area (Å²) in [7, 11) is 0. The van der Waals surface area contributed by atoms with Gasteiger partial charge in [-0.1, -0.05) is 30.3 Å². The van der Waals surface area contributed by atoms with Crippen LogP contribution in [-0.4, -0.2) is 64.7 Å². The maximum atomic E-state index is 13.2. The first-order valence-electron chi connectivity index (χ1n) is 11.9. The third-order valence-corrected chi connectivity index (χ3v) is 4.22. The molecule has 0 N–H and O–H groups in total. The molecule has 1 aromatic carbocycles. The standard InChI is InChI=1S/C27H41NO8/c1-25(2,3)34-21(29)15-20(24(32)33-18-19-13-11-10-12-14-19)28(16-22(30)35-26(4,5)6)17-23(31)36-27(7,8)9/h10-14,20H,15-18H2,1-9H3/t20-/m0/s1. The van der Waals surface area contributed by atoms with Crippen molar-refractivity contribution in [2.45, 2.75) is 98.2 Å². The maximum Gasteiger partial charge on any atom is 0.324 e. The molecule has 1 atom stereocenters. The van der Waals surface area contributed by atoms with Crippen molar-refractivity contribution in [2.24, 2.45) is 0 Å². The predicted molar refractivity (Wildman–Crippen MR) is 134 cm³/mol. The zero-order valence-electron chi connectivity index (χ0n) is 23.0. The van der Waals surface area contributed by atoms with Crippen LogP contribution in [0.4, 0.5) is 0 Å². The number of carbonyl (C=O) groups is 4. The lowest BCUT2D eigenvalue weighted by Gasteiger charge is -2.31. The predicted octanol–water partition coefficient (Wildman–Crippen LogP) is 3.82. The highest BCUT2D eigenvalue weighted by Gasteiger charge is 2.36. The van der Waals surface area contributed by atoms with Crippen LogP contribution in [0.25, 0.3) is 0 Å². The van der Waals surface area contributed by atoms with Crippen LogP contribution < -0.4 is 0 Å². The second-order valence-electron chi connectivity index (χ2n) is 11.5. The fourth-order valence-corrected chi connectivity index (χ4v) is 3.08. The van der Waals surface area contributed by atoms with Gasteiger partial charge in [0.1, 0.15) is 29.5 Å². The van der Waals surface area contributed by atoms with Crippen molar-refractivity contribution in [3.8, 4) is 0 Å². The van der Waals surface area contributed by atoms with E-state index in [1.54, 1.807) is 86.6 Å². The van der Waals surface area contributed by atoms with E-state index in [4.69, 9.17) is 18.9 Å². The van der Waals surface area contributed by atoms with Crippen LogP contribution in [0.5, 0.6) is 0 Å². The molecular formula is C27H41NO8. The summed E-state index contributed by atoms with van der Waals surface area (Å²) in [6.45, 7) is 14.4. The highest BCUT2D eigenvalue weighted by atomic mass is 16.6. The summed E-state index contributed by atoms with van der Waals surface area (Å²) < 4.78 is 21.7. The first kappa shape index (κ1) is 31.1. The van der Waals surface area contributed by atoms with Crippen LogP contribution in [0.2, 0.25) is 0 Å². The highest BCUT2D eigenvalue weighted by molar-refractivity contribution is 5.85. The number of ether oxygens (including phenoxy) is 4. The number of benzene rings is 1. The smallest absolute Gasteiger partial charge is 0.324 e. The molecule has 0 aliphatic carbocycles. The molecule has 9 nitrogen and oxygen atoms in total. The zero-order valence-corrected chi connectivity index (χ0v) is 23.0. The van der Waals surface area contributed by atoms with Crippen molar-refractivity contribution in [2.75, 3.05) is 13.1 Å². The molecule has 0 aliphatic heterocycles. The van der Waals surface area contributed by atoms with Gasteiger partial charge in [-0.2, -0.15) is 0 Å². The second kappa shape index (κ2) is 12.9. The molecule has 0 aromatic heterocycles. The Labute approximate surface area is 214 Å². The fraction of sp³-hybridized carbons (Fsp3) is 0.630. The minimum atomic E-state index is -1.29. The van der Waals surface area contributed by atoms with E-state index >= 15 is 0 Å². The summed E-state index contributed by atoms with van der Waals surface area (Å²) in [5.41, 5.74) is -1.63. The molecule has 1 aromatic rings. The van der Waals surface area contributed by atoms with Gasteiger partial charge in [0.2, 0.25) is 0 Å². The lowest BCUT2D eigenvalue weighted by molar-refractivity contribution is -0.170. The van der Waals surface area contributed by atoms with E-state index in [9.17, 15) is 19.2 Å². The lowest BCUT2D eigenvalue weighted by atomic mass is 10.1. The Kier molecular flexibility index (Phi) is 11.1. The van der Waals surface area contributed by atoms with E-state index < -0.39 is 66.2 Å². The normalized spacial score (nSPS) is 13.1. The van der Waals surface area contributed by atoms with Crippen molar-refractivity contribution in [1.82, 2.24) is 4.90 Å². The molecule has 0 unspecified atom stereocenters. The largest absolute Gasteiger partial charge is 0.460 e. The Morgan fingerprint density at radius 2 is 1.11 bits per heavy atom. The number of nitrogens with zero attached hydrogens (tertiary/aromatic N) is 1. The number of hydrogen-bond acceptors (Lipinski definition) is 9. The number of carbonyl (C=O) groups excluding carboxylic acids is 4. The Bertz CT molecular complexity index is 861. The molecule has 0 aliphatic rings. The van der Waals surface area contributed by atoms with Gasteiger partial charge in [-0.3, -0.25) is 24.1 Å². The zero-order chi connectivity index (χ0) is 27.7. The van der Waals surface area contributed by atoms with Crippen LogP contribution in [0.1, 0.15) is 74.3 Å². The Morgan fingerprint density at radius 1 is 0.694 bits per heavy atom. The molecule has 202 valence electrons. The van der Waals surface area contributed by atoms with Gasteiger partial charge in [-0.05, 0) is 67.9 Å². The van der Waals surface area contributed by atoms with E-state index in [-0.39, 0.29) is 6.61 Å². The minimum absolute atomic E-state index is 0.0444. The Morgan fingerprint density at radius 3 is 1.53 bits per heavy atom. The van der Waals surface area contributed by atoms with Gasteiger partial charge in [0.05, 0.1) is 19.5 Å². The topological polar surface area (TPSA) is 108 Å². The van der Waals surface area contributed by atoms with E-state index in [1.807, 2.05) is 6.07 Å². The molecule has 0 bridgehead atoms. The van der Waals surface area contributed by atoms with Gasteiger partial charge in [0.15, 0.2) is 0 Å². The summed E-state index contributed by atoms with van der Waals surface area (Å²) in [5.74, 6) is -2.80. The quantitative estimate of drug-likeness (QED) is 0.345. The molecule has 0 amide bonds. The summed E-state index contributed by atoms with van der Waals surface area (Å²) >= 11 is 0. The van der Waals surface area contributed by atoms with Crippen molar-refractivity contribution >= 4 is 23.9 Å². The van der Waals surface area contributed by atoms with Gasteiger partial charge in [-0.15, -0.1) is 0 Å². The summed E-state index contributed by atoms with van der Waals surface area (Å²) in [6.07, 6.45) is -0.434. The van der Waals surface area contributed by atoms with E-state index in [1.165, 1.54) is 4.90 Å². The highest BCUT2D eigenvalue weighted by Crippen LogP contribution is 2.17. The van der Waals surface area contributed by atoms with Crippen LogP contribution in [0, 0.1) is 0 Å². The van der Waals surface area contributed by atoms with Crippen LogP contribution >= 0.6 is 0 Å². The number of esters is 4. The average molecular weight is 508 g/mol. The van der Waals surface area contributed by atoms with Gasteiger partial charge >= 0.3 is 23.9 Å². The SMILES string of the molecule is CC(C)(C)OC(=O)C[C@@H](C(=O)OCc1ccccc1)N(CC(=O)OC(C)(C)C)CC(=O)OC(C)(C)C. The van der Waals surface area contributed by atoms with Crippen LogP contribution in [-0.2, 0) is 44.7 Å². The monoisotopic (exact) mass is 507 g/mol.